The van der Waals surface area contributed by atoms with Crippen LogP contribution in [0.4, 0.5) is 5.69 Å². The van der Waals surface area contributed by atoms with Gasteiger partial charge in [-0.05, 0) is 36.4 Å². The van der Waals surface area contributed by atoms with E-state index in [0.29, 0.717) is 10.2 Å². The highest BCUT2D eigenvalue weighted by Gasteiger charge is 2.23. The molecule has 0 spiro atoms. The maximum Gasteiger partial charge on any atom is 0.339 e. The summed E-state index contributed by atoms with van der Waals surface area (Å²) in [5.41, 5.74) is 0.340. The van der Waals surface area contributed by atoms with E-state index in [1.165, 1.54) is 19.2 Å². The summed E-state index contributed by atoms with van der Waals surface area (Å²) in [5.74, 6) is -0.726. The lowest BCUT2D eigenvalue weighted by Crippen LogP contribution is -2.17. The zero-order chi connectivity index (χ0) is 16.3. The first kappa shape index (κ1) is 17.0. The van der Waals surface area contributed by atoms with Crippen molar-refractivity contribution < 1.29 is 17.9 Å². The number of benzene rings is 2. The van der Waals surface area contributed by atoms with Crippen molar-refractivity contribution >= 4 is 53.5 Å². The molecular formula is C14H11Br2NO4S. The zero-order valence-electron chi connectivity index (χ0n) is 11.3. The number of halogens is 2. The number of methoxy groups -OCH3 is 1. The lowest BCUT2D eigenvalue weighted by Gasteiger charge is -2.12. The lowest BCUT2D eigenvalue weighted by atomic mass is 10.2. The third-order valence-electron chi connectivity index (χ3n) is 2.71. The van der Waals surface area contributed by atoms with Gasteiger partial charge in [-0.3, -0.25) is 4.72 Å². The van der Waals surface area contributed by atoms with Crippen LogP contribution in [0.25, 0.3) is 0 Å². The van der Waals surface area contributed by atoms with Crippen molar-refractivity contribution in [1.29, 1.82) is 0 Å². The van der Waals surface area contributed by atoms with Gasteiger partial charge in [-0.15, -0.1) is 0 Å². The SMILES string of the molecule is COC(=O)c1cc(Br)ccc1S(=O)(=O)Nc1cccc(Br)c1. The molecule has 0 aliphatic rings. The molecule has 2 aromatic rings. The van der Waals surface area contributed by atoms with E-state index >= 15 is 0 Å². The number of nitrogens with one attached hydrogen (secondary N) is 1. The predicted octanol–water partition coefficient (Wildman–Crippen LogP) is 3.80. The molecular weight excluding hydrogens is 438 g/mol. The Labute approximate surface area is 145 Å². The summed E-state index contributed by atoms with van der Waals surface area (Å²) in [4.78, 5) is 11.6. The Morgan fingerprint density at radius 3 is 2.41 bits per heavy atom. The number of ether oxygens (including phenoxy) is 1. The smallest absolute Gasteiger partial charge is 0.339 e. The standard InChI is InChI=1S/C14H11Br2NO4S/c1-21-14(18)12-8-10(16)5-6-13(12)22(19,20)17-11-4-2-3-9(15)7-11/h2-8,17H,1H3. The molecule has 0 unspecified atom stereocenters. The largest absolute Gasteiger partial charge is 0.465 e. The Morgan fingerprint density at radius 2 is 1.77 bits per heavy atom. The number of esters is 1. The Kier molecular flexibility index (Phi) is 5.25. The highest BCUT2D eigenvalue weighted by molar-refractivity contribution is 9.10. The van der Waals surface area contributed by atoms with Crippen LogP contribution in [0.2, 0.25) is 0 Å². The zero-order valence-corrected chi connectivity index (χ0v) is 15.3. The number of anilines is 1. The van der Waals surface area contributed by atoms with Gasteiger partial charge in [0, 0.05) is 14.6 Å². The second kappa shape index (κ2) is 6.80. The average molecular weight is 449 g/mol. The molecule has 5 nitrogen and oxygen atoms in total. The van der Waals surface area contributed by atoms with Crippen molar-refractivity contribution in [3.05, 3.63) is 57.0 Å². The molecule has 0 heterocycles. The monoisotopic (exact) mass is 447 g/mol. The van der Waals surface area contributed by atoms with Gasteiger partial charge in [0.1, 0.15) is 4.90 Å². The van der Waals surface area contributed by atoms with Gasteiger partial charge < -0.3 is 4.74 Å². The molecule has 0 amide bonds. The van der Waals surface area contributed by atoms with Crippen LogP contribution in [0, 0.1) is 0 Å². The molecule has 0 saturated heterocycles. The molecule has 1 N–H and O–H groups in total. The molecule has 0 fully saturated rings. The van der Waals surface area contributed by atoms with Crippen LogP contribution < -0.4 is 4.72 Å². The number of rotatable bonds is 4. The Hall–Kier alpha value is -1.38. The molecule has 22 heavy (non-hydrogen) atoms. The normalized spacial score (nSPS) is 11.0. The topological polar surface area (TPSA) is 72.5 Å². The van der Waals surface area contributed by atoms with E-state index in [2.05, 4.69) is 41.3 Å². The fourth-order valence-electron chi connectivity index (χ4n) is 1.77. The summed E-state index contributed by atoms with van der Waals surface area (Å²) < 4.78 is 33.4. The van der Waals surface area contributed by atoms with E-state index in [4.69, 9.17) is 0 Å². The molecule has 0 atom stereocenters. The van der Waals surface area contributed by atoms with Crippen molar-refractivity contribution in [3.63, 3.8) is 0 Å². The van der Waals surface area contributed by atoms with Crippen molar-refractivity contribution in [1.82, 2.24) is 0 Å². The third kappa shape index (κ3) is 3.88. The summed E-state index contributed by atoms with van der Waals surface area (Å²) in [5, 5.41) is 0. The summed E-state index contributed by atoms with van der Waals surface area (Å²) in [6.45, 7) is 0. The van der Waals surface area contributed by atoms with Gasteiger partial charge >= 0.3 is 5.97 Å². The summed E-state index contributed by atoms with van der Waals surface area (Å²) in [6, 6.07) is 11.0. The summed E-state index contributed by atoms with van der Waals surface area (Å²) in [7, 11) is -2.73. The van der Waals surface area contributed by atoms with Gasteiger partial charge in [-0.25, -0.2) is 13.2 Å². The molecule has 0 aromatic heterocycles. The van der Waals surface area contributed by atoms with Gasteiger partial charge in [0.25, 0.3) is 10.0 Å². The average Bonchev–Trinajstić information content (AvgIpc) is 2.45. The minimum absolute atomic E-state index is 0.0422. The minimum atomic E-state index is -3.93. The van der Waals surface area contributed by atoms with Gasteiger partial charge in [-0.2, -0.15) is 0 Å². The van der Waals surface area contributed by atoms with Crippen molar-refractivity contribution in [2.45, 2.75) is 4.90 Å². The first-order chi connectivity index (χ1) is 10.3. The van der Waals surface area contributed by atoms with Crippen molar-refractivity contribution in [3.8, 4) is 0 Å². The number of hydrogen-bond acceptors (Lipinski definition) is 4. The van der Waals surface area contributed by atoms with E-state index in [1.54, 1.807) is 30.3 Å². The number of sulfonamides is 1. The van der Waals surface area contributed by atoms with Gasteiger partial charge in [-0.1, -0.05) is 37.9 Å². The van der Waals surface area contributed by atoms with Crippen LogP contribution in [0.5, 0.6) is 0 Å². The van der Waals surface area contributed by atoms with Gasteiger partial charge in [0.05, 0.1) is 12.7 Å². The van der Waals surface area contributed by atoms with Crippen molar-refractivity contribution in [2.24, 2.45) is 0 Å². The second-order valence-corrected chi connectivity index (χ2v) is 7.73. The quantitative estimate of drug-likeness (QED) is 0.722. The summed E-state index contributed by atoms with van der Waals surface area (Å²) in [6.07, 6.45) is 0. The van der Waals surface area contributed by atoms with E-state index in [9.17, 15) is 13.2 Å². The highest BCUT2D eigenvalue weighted by Crippen LogP contribution is 2.25. The Bertz CT molecular complexity index is 821. The van der Waals surface area contributed by atoms with E-state index in [-0.39, 0.29) is 10.5 Å². The van der Waals surface area contributed by atoms with E-state index < -0.39 is 16.0 Å². The van der Waals surface area contributed by atoms with Crippen LogP contribution in [-0.2, 0) is 14.8 Å². The molecule has 0 bridgehead atoms. The molecule has 116 valence electrons. The molecule has 0 saturated carbocycles. The number of hydrogen-bond donors (Lipinski definition) is 1. The molecule has 0 aliphatic heterocycles. The Morgan fingerprint density at radius 1 is 1.09 bits per heavy atom. The predicted molar refractivity (Wildman–Crippen MR) is 90.4 cm³/mol. The van der Waals surface area contributed by atoms with E-state index in [0.717, 1.165) is 4.47 Å². The molecule has 0 radical (unpaired) electrons. The first-order valence-corrected chi connectivity index (χ1v) is 9.06. The van der Waals surface area contributed by atoms with Gasteiger partial charge in [0.15, 0.2) is 0 Å². The fraction of sp³-hybridized carbons (Fsp3) is 0.0714. The third-order valence-corrected chi connectivity index (χ3v) is 5.14. The van der Waals surface area contributed by atoms with Crippen LogP contribution in [0.1, 0.15) is 10.4 Å². The van der Waals surface area contributed by atoms with Crippen LogP contribution in [-0.4, -0.2) is 21.5 Å². The van der Waals surface area contributed by atoms with Crippen LogP contribution in [0.15, 0.2) is 56.3 Å². The Balaban J connectivity index is 2.47. The molecule has 2 aromatic carbocycles. The fourth-order valence-corrected chi connectivity index (χ4v) is 3.75. The maximum atomic E-state index is 12.5. The second-order valence-electron chi connectivity index (χ2n) is 4.25. The lowest BCUT2D eigenvalue weighted by molar-refractivity contribution is 0.0596. The number of carbonyl (C=O) groups excluding carboxylic acids is 1. The number of carbonyl (C=O) groups is 1. The first-order valence-electron chi connectivity index (χ1n) is 6.00. The van der Waals surface area contributed by atoms with Crippen molar-refractivity contribution in [2.75, 3.05) is 11.8 Å². The summed E-state index contributed by atoms with van der Waals surface area (Å²) >= 11 is 6.48. The molecule has 0 aliphatic carbocycles. The van der Waals surface area contributed by atoms with E-state index in [1.807, 2.05) is 0 Å². The van der Waals surface area contributed by atoms with Crippen LogP contribution in [0.3, 0.4) is 0 Å². The van der Waals surface area contributed by atoms with Crippen LogP contribution >= 0.6 is 31.9 Å². The highest BCUT2D eigenvalue weighted by atomic mass is 79.9. The molecule has 2 rings (SSSR count). The minimum Gasteiger partial charge on any atom is -0.465 e. The molecule has 8 heteroatoms. The van der Waals surface area contributed by atoms with Gasteiger partial charge in [0.2, 0.25) is 0 Å². The maximum absolute atomic E-state index is 12.5.